The van der Waals surface area contributed by atoms with Crippen LogP contribution in [0.5, 0.6) is 0 Å². The number of halogens is 2. The van der Waals surface area contributed by atoms with Crippen LogP contribution < -0.4 is 5.43 Å². The fourth-order valence-electron chi connectivity index (χ4n) is 4.04. The molecule has 1 aromatic heterocycles. The molecule has 1 aliphatic heterocycles. The molecule has 0 N–H and O–H groups in total. The van der Waals surface area contributed by atoms with E-state index in [-0.39, 0.29) is 17.1 Å². The Bertz CT molecular complexity index is 1170. The fourth-order valence-corrected chi connectivity index (χ4v) is 4.60. The predicted molar refractivity (Wildman–Crippen MR) is 122 cm³/mol. The van der Waals surface area contributed by atoms with E-state index in [0.717, 1.165) is 23.1 Å². The zero-order chi connectivity index (χ0) is 21.4. The second kappa shape index (κ2) is 8.53. The number of amides is 1. The summed E-state index contributed by atoms with van der Waals surface area (Å²) in [6, 6.07) is 12.0. The minimum atomic E-state index is -0.526. The first-order valence-electron chi connectivity index (χ1n) is 9.99. The first kappa shape index (κ1) is 21.1. The highest BCUT2D eigenvalue weighted by Gasteiger charge is 2.42. The second-order valence-corrected chi connectivity index (χ2v) is 8.65. The molecule has 7 heteroatoms. The summed E-state index contributed by atoms with van der Waals surface area (Å²) in [6.45, 7) is 7.16. The molecule has 5 nitrogen and oxygen atoms in total. The van der Waals surface area contributed by atoms with Crippen LogP contribution in [0.25, 0.3) is 11.0 Å². The van der Waals surface area contributed by atoms with Crippen LogP contribution in [0.4, 0.5) is 0 Å². The molecule has 2 heterocycles. The number of carbonyl (C=O) groups is 1. The molecule has 156 valence electrons. The van der Waals surface area contributed by atoms with E-state index in [1.54, 1.807) is 29.2 Å². The predicted octanol–water partition coefficient (Wildman–Crippen LogP) is 5.10. The van der Waals surface area contributed by atoms with E-state index >= 15 is 0 Å². The van der Waals surface area contributed by atoms with Crippen molar-refractivity contribution >= 4 is 44.4 Å². The first-order chi connectivity index (χ1) is 14.4. The van der Waals surface area contributed by atoms with E-state index in [1.165, 1.54) is 0 Å². The fraction of sp³-hybridized carbons (Fsp3) is 0.304. The van der Waals surface area contributed by atoms with Crippen LogP contribution in [0.2, 0.25) is 5.02 Å². The van der Waals surface area contributed by atoms with Gasteiger partial charge in [0.05, 0.1) is 17.0 Å². The van der Waals surface area contributed by atoms with Crippen molar-refractivity contribution in [3.8, 4) is 0 Å². The van der Waals surface area contributed by atoms with Crippen LogP contribution in [-0.4, -0.2) is 41.9 Å². The number of fused-ring (bicyclic) bond motifs is 2. The normalized spacial score (nSPS) is 16.0. The summed E-state index contributed by atoms with van der Waals surface area (Å²) in [4.78, 5) is 30.8. The van der Waals surface area contributed by atoms with Gasteiger partial charge in [-0.25, -0.2) is 0 Å². The number of carbonyl (C=O) groups excluding carboxylic acids is 1. The summed E-state index contributed by atoms with van der Waals surface area (Å²) in [5.74, 6) is -0.136. The van der Waals surface area contributed by atoms with Gasteiger partial charge in [-0.3, -0.25) is 9.59 Å². The standard InChI is InChI=1S/C23H22BrClN2O3/c1-3-26(4-2)10-11-27-20(14-6-5-7-16(25)12-14)19-21(28)17-13-15(24)8-9-18(17)30-22(19)23(27)29/h5-9,12-13,20H,3-4,10-11H2,1-2H3. The maximum absolute atomic E-state index is 13.5. The van der Waals surface area contributed by atoms with Crippen LogP contribution in [-0.2, 0) is 0 Å². The molecule has 1 atom stereocenters. The average Bonchev–Trinajstić information content (AvgIpc) is 3.02. The van der Waals surface area contributed by atoms with Crippen molar-refractivity contribution in [2.45, 2.75) is 19.9 Å². The van der Waals surface area contributed by atoms with Crippen molar-refractivity contribution in [2.75, 3.05) is 26.2 Å². The SMILES string of the molecule is CCN(CC)CCN1C(=O)c2oc3ccc(Br)cc3c(=O)c2C1c1cccc(Cl)c1. The highest BCUT2D eigenvalue weighted by Crippen LogP contribution is 2.38. The van der Waals surface area contributed by atoms with Crippen LogP contribution in [0.3, 0.4) is 0 Å². The van der Waals surface area contributed by atoms with Gasteiger partial charge in [-0.2, -0.15) is 0 Å². The summed E-state index contributed by atoms with van der Waals surface area (Å²) in [5, 5.41) is 1.01. The Balaban J connectivity index is 1.89. The van der Waals surface area contributed by atoms with Gasteiger partial charge in [0.2, 0.25) is 5.76 Å². The van der Waals surface area contributed by atoms with Gasteiger partial charge in [0.15, 0.2) is 5.43 Å². The molecular formula is C23H22BrClN2O3. The molecule has 4 rings (SSSR count). The molecule has 30 heavy (non-hydrogen) atoms. The Morgan fingerprint density at radius 2 is 1.90 bits per heavy atom. The molecule has 0 fully saturated rings. The molecule has 1 unspecified atom stereocenters. The summed E-state index contributed by atoms with van der Waals surface area (Å²) >= 11 is 9.66. The van der Waals surface area contributed by atoms with Crippen molar-refractivity contribution in [2.24, 2.45) is 0 Å². The Kier molecular flexibility index (Phi) is 6.00. The lowest BCUT2D eigenvalue weighted by molar-refractivity contribution is 0.0708. The molecule has 0 radical (unpaired) electrons. The molecule has 0 aliphatic carbocycles. The van der Waals surface area contributed by atoms with E-state index in [9.17, 15) is 9.59 Å². The number of hydrogen-bond acceptors (Lipinski definition) is 4. The van der Waals surface area contributed by atoms with E-state index in [1.807, 2.05) is 18.2 Å². The minimum Gasteiger partial charge on any atom is -0.450 e. The van der Waals surface area contributed by atoms with Gasteiger partial charge in [-0.15, -0.1) is 0 Å². The number of rotatable bonds is 6. The van der Waals surface area contributed by atoms with Crippen LogP contribution in [0.1, 0.15) is 41.6 Å². The van der Waals surface area contributed by atoms with Gasteiger partial charge >= 0.3 is 0 Å². The third-order valence-electron chi connectivity index (χ3n) is 5.64. The molecule has 0 spiro atoms. The topological polar surface area (TPSA) is 53.8 Å². The zero-order valence-electron chi connectivity index (χ0n) is 16.8. The highest BCUT2D eigenvalue weighted by molar-refractivity contribution is 9.10. The molecule has 3 aromatic rings. The lowest BCUT2D eigenvalue weighted by Gasteiger charge is -2.28. The summed E-state index contributed by atoms with van der Waals surface area (Å²) in [6.07, 6.45) is 0. The van der Waals surface area contributed by atoms with Crippen LogP contribution in [0.15, 0.2) is 56.1 Å². The molecule has 1 amide bonds. The van der Waals surface area contributed by atoms with Gasteiger partial charge in [-0.05, 0) is 49.0 Å². The highest BCUT2D eigenvalue weighted by atomic mass is 79.9. The molecule has 0 saturated heterocycles. The Labute approximate surface area is 188 Å². The monoisotopic (exact) mass is 488 g/mol. The maximum Gasteiger partial charge on any atom is 0.290 e. The van der Waals surface area contributed by atoms with Gasteiger partial charge in [-0.1, -0.05) is 53.5 Å². The number of benzene rings is 2. The summed E-state index contributed by atoms with van der Waals surface area (Å²) < 4.78 is 6.75. The number of hydrogen-bond donors (Lipinski definition) is 0. The zero-order valence-corrected chi connectivity index (χ0v) is 19.2. The van der Waals surface area contributed by atoms with Crippen molar-refractivity contribution < 1.29 is 9.21 Å². The van der Waals surface area contributed by atoms with Crippen molar-refractivity contribution in [1.29, 1.82) is 0 Å². The number of nitrogens with zero attached hydrogens (tertiary/aromatic N) is 2. The molecule has 0 saturated carbocycles. The quantitative estimate of drug-likeness (QED) is 0.484. The van der Waals surface area contributed by atoms with Crippen molar-refractivity contribution in [3.63, 3.8) is 0 Å². The van der Waals surface area contributed by atoms with Gasteiger partial charge in [0, 0.05) is 22.6 Å². The van der Waals surface area contributed by atoms with Crippen molar-refractivity contribution in [1.82, 2.24) is 9.80 Å². The minimum absolute atomic E-state index is 0.124. The van der Waals surface area contributed by atoms with Gasteiger partial charge in [0.1, 0.15) is 5.58 Å². The Hall–Kier alpha value is -2.15. The molecule has 2 aromatic carbocycles. The second-order valence-electron chi connectivity index (χ2n) is 7.30. The van der Waals surface area contributed by atoms with E-state index in [0.29, 0.717) is 34.6 Å². The lowest BCUT2D eigenvalue weighted by Crippen LogP contribution is -2.37. The first-order valence-corrected chi connectivity index (χ1v) is 11.2. The van der Waals surface area contributed by atoms with Gasteiger partial charge < -0.3 is 14.2 Å². The third kappa shape index (κ3) is 3.68. The largest absolute Gasteiger partial charge is 0.450 e. The van der Waals surface area contributed by atoms with E-state index in [4.69, 9.17) is 16.0 Å². The van der Waals surface area contributed by atoms with E-state index < -0.39 is 6.04 Å². The maximum atomic E-state index is 13.5. The van der Waals surface area contributed by atoms with Crippen molar-refractivity contribution in [3.05, 3.63) is 79.1 Å². The molecular weight excluding hydrogens is 468 g/mol. The van der Waals surface area contributed by atoms with E-state index in [2.05, 4.69) is 34.7 Å². The smallest absolute Gasteiger partial charge is 0.290 e. The third-order valence-corrected chi connectivity index (χ3v) is 6.37. The number of likely N-dealkylation sites (N-methyl/N-ethyl adjacent to an activating group) is 1. The molecule has 1 aliphatic rings. The van der Waals surface area contributed by atoms with Crippen LogP contribution >= 0.6 is 27.5 Å². The summed E-state index contributed by atoms with van der Waals surface area (Å²) in [5.41, 5.74) is 1.41. The molecule has 0 bridgehead atoms. The summed E-state index contributed by atoms with van der Waals surface area (Å²) in [7, 11) is 0. The Morgan fingerprint density at radius 1 is 1.13 bits per heavy atom. The van der Waals surface area contributed by atoms with Gasteiger partial charge in [0.25, 0.3) is 5.91 Å². The van der Waals surface area contributed by atoms with Crippen LogP contribution in [0, 0.1) is 0 Å². The lowest BCUT2D eigenvalue weighted by atomic mass is 9.98. The average molecular weight is 490 g/mol. The Morgan fingerprint density at radius 3 is 2.60 bits per heavy atom.